The Bertz CT molecular complexity index is 881. The van der Waals surface area contributed by atoms with Gasteiger partial charge in [0, 0.05) is 16.4 Å². The molecule has 5 unspecified atom stereocenters. The molecule has 3 aliphatic rings. The lowest BCUT2D eigenvalue weighted by Crippen LogP contribution is -2.49. The molecule has 3 rings (SSSR count). The van der Waals surface area contributed by atoms with Crippen LogP contribution in [0.1, 0.15) is 32.6 Å². The van der Waals surface area contributed by atoms with Crippen molar-refractivity contribution in [2.75, 3.05) is 19.8 Å². The van der Waals surface area contributed by atoms with Gasteiger partial charge in [-0.2, -0.15) is 8.42 Å². The fraction of sp³-hybridized carbons (Fsp3) is 0.684. The van der Waals surface area contributed by atoms with E-state index in [1.807, 2.05) is 0 Å². The molecular formula is C19H24O11S. The third kappa shape index (κ3) is 4.05. The van der Waals surface area contributed by atoms with Gasteiger partial charge in [0.15, 0.2) is 6.61 Å². The van der Waals surface area contributed by atoms with Crippen LogP contribution in [0.25, 0.3) is 0 Å². The second-order valence-electron chi connectivity index (χ2n) is 8.18. The molecule has 5 atom stereocenters. The summed E-state index contributed by atoms with van der Waals surface area (Å²) < 4.78 is 51.0. The normalized spacial score (nSPS) is 34.0. The summed E-state index contributed by atoms with van der Waals surface area (Å²) in [5.74, 6) is -1.70. The molecular weight excluding hydrogens is 436 g/mol. The van der Waals surface area contributed by atoms with Crippen molar-refractivity contribution in [3.63, 3.8) is 0 Å². The Morgan fingerprint density at radius 2 is 1.81 bits per heavy atom. The summed E-state index contributed by atoms with van der Waals surface area (Å²) in [6.45, 7) is 4.66. The van der Waals surface area contributed by atoms with Gasteiger partial charge in [0.1, 0.15) is 11.4 Å². The molecule has 0 N–H and O–H groups in total. The number of fused-ring (bicyclic) bond motifs is 1. The highest BCUT2D eigenvalue weighted by molar-refractivity contribution is 7.87. The van der Waals surface area contributed by atoms with Gasteiger partial charge in [0.2, 0.25) is 0 Å². The molecule has 0 aromatic carbocycles. The lowest BCUT2D eigenvalue weighted by Gasteiger charge is -2.37. The third-order valence-corrected chi connectivity index (χ3v) is 8.23. The van der Waals surface area contributed by atoms with Gasteiger partial charge in [0.25, 0.3) is 23.1 Å². The van der Waals surface area contributed by atoms with Gasteiger partial charge < -0.3 is 18.9 Å². The third-order valence-electron chi connectivity index (χ3n) is 6.39. The molecule has 0 radical (unpaired) electrons. The molecule has 3 fully saturated rings. The van der Waals surface area contributed by atoms with Crippen LogP contribution in [0, 0.1) is 10.8 Å². The van der Waals surface area contributed by atoms with E-state index in [4.69, 9.17) is 23.1 Å². The maximum atomic E-state index is 12.8. The molecule has 0 spiro atoms. The van der Waals surface area contributed by atoms with Crippen LogP contribution in [0.4, 0.5) is 0 Å². The number of hydrogen-bond acceptors (Lipinski definition) is 11. The summed E-state index contributed by atoms with van der Waals surface area (Å²) >= 11 is 0. The summed E-state index contributed by atoms with van der Waals surface area (Å²) in [6.07, 6.45) is -0.728. The van der Waals surface area contributed by atoms with Crippen LogP contribution >= 0.6 is 0 Å². The van der Waals surface area contributed by atoms with Crippen LogP contribution in [0.2, 0.25) is 0 Å². The second kappa shape index (κ2) is 8.58. The average molecular weight is 460 g/mol. The zero-order chi connectivity index (χ0) is 22.9. The first-order valence-electron chi connectivity index (χ1n) is 9.66. The summed E-state index contributed by atoms with van der Waals surface area (Å²) in [5, 5.41) is -1.17. The molecule has 2 bridgehead atoms. The van der Waals surface area contributed by atoms with E-state index < -0.39 is 57.0 Å². The quantitative estimate of drug-likeness (QED) is 0.0969. The van der Waals surface area contributed by atoms with E-state index in [2.05, 4.69) is 6.58 Å². The summed E-state index contributed by atoms with van der Waals surface area (Å²) in [4.78, 5) is 45.1. The Labute approximate surface area is 179 Å². The standard InChI is InChI=1S/C19H24O11S/c1-12(2)17(23)28-8-14(22)29-15-16-19(4-6-27-11-21)9-18(15,3-5-26-10-20)7-13(19)30-31(16,24)25/h10-11,13,15-16H,1,3-9H2,2H3. The highest BCUT2D eigenvalue weighted by atomic mass is 32.2. The minimum Gasteiger partial charge on any atom is -0.468 e. The van der Waals surface area contributed by atoms with E-state index in [0.29, 0.717) is 6.42 Å². The fourth-order valence-corrected chi connectivity index (χ4v) is 7.55. The van der Waals surface area contributed by atoms with Crippen LogP contribution in [0.15, 0.2) is 12.2 Å². The highest BCUT2D eigenvalue weighted by Crippen LogP contribution is 2.71. The first kappa shape index (κ1) is 23.2. The van der Waals surface area contributed by atoms with Crippen LogP contribution in [-0.4, -0.2) is 70.6 Å². The Hall–Kier alpha value is -2.47. The van der Waals surface area contributed by atoms with Gasteiger partial charge in [-0.05, 0) is 32.6 Å². The Kier molecular flexibility index (Phi) is 6.42. The molecule has 1 aliphatic heterocycles. The van der Waals surface area contributed by atoms with E-state index in [1.165, 1.54) is 6.92 Å². The minimum atomic E-state index is -4.09. The molecule has 172 valence electrons. The molecule has 12 heteroatoms. The Balaban J connectivity index is 1.86. The molecule has 1 heterocycles. The van der Waals surface area contributed by atoms with Gasteiger partial charge in [-0.25, -0.2) is 9.59 Å². The molecule has 0 aromatic heterocycles. The molecule has 2 aliphatic carbocycles. The van der Waals surface area contributed by atoms with Crippen LogP contribution in [0.5, 0.6) is 0 Å². The van der Waals surface area contributed by atoms with Crippen molar-refractivity contribution < 1.29 is 50.7 Å². The van der Waals surface area contributed by atoms with Crippen LogP contribution < -0.4 is 0 Å². The van der Waals surface area contributed by atoms with Crippen LogP contribution in [-0.2, 0) is 52.4 Å². The maximum absolute atomic E-state index is 12.8. The molecule has 0 aromatic rings. The average Bonchev–Trinajstić information content (AvgIpc) is 3.18. The summed E-state index contributed by atoms with van der Waals surface area (Å²) in [7, 11) is -4.09. The Morgan fingerprint density at radius 1 is 1.16 bits per heavy atom. The van der Waals surface area contributed by atoms with Gasteiger partial charge >= 0.3 is 11.9 Å². The van der Waals surface area contributed by atoms with E-state index in [0.717, 1.165) is 0 Å². The summed E-state index contributed by atoms with van der Waals surface area (Å²) in [5.41, 5.74) is -1.64. The van der Waals surface area contributed by atoms with E-state index in [-0.39, 0.29) is 51.0 Å². The largest absolute Gasteiger partial charge is 0.468 e. The van der Waals surface area contributed by atoms with Crippen molar-refractivity contribution in [2.45, 2.75) is 50.1 Å². The molecule has 0 amide bonds. The molecule has 2 saturated carbocycles. The Morgan fingerprint density at radius 3 is 2.42 bits per heavy atom. The van der Waals surface area contributed by atoms with Crippen LogP contribution in [0.3, 0.4) is 0 Å². The number of esters is 2. The van der Waals surface area contributed by atoms with Gasteiger partial charge in [-0.3, -0.25) is 13.8 Å². The first-order chi connectivity index (χ1) is 14.6. The predicted octanol–water partition coefficient (Wildman–Crippen LogP) is 0.0211. The SMILES string of the molecule is C=C(C)C(=O)OCC(=O)OC1C2C3(CCOC=O)CC1(CCOC=O)CC3OS2(=O)=O. The number of hydrogen-bond donors (Lipinski definition) is 0. The minimum absolute atomic E-state index is 0.00258. The number of ether oxygens (including phenoxy) is 4. The van der Waals surface area contributed by atoms with Crippen molar-refractivity contribution in [3.8, 4) is 0 Å². The summed E-state index contributed by atoms with van der Waals surface area (Å²) in [6, 6.07) is 0. The monoisotopic (exact) mass is 460 g/mol. The number of carbonyl (C=O) groups excluding carboxylic acids is 4. The number of rotatable bonds is 12. The topological polar surface area (TPSA) is 149 Å². The van der Waals surface area contributed by atoms with Crippen molar-refractivity contribution >= 4 is 35.0 Å². The van der Waals surface area contributed by atoms with Crippen molar-refractivity contribution in [2.24, 2.45) is 10.8 Å². The smallest absolute Gasteiger partial charge is 0.344 e. The lowest BCUT2D eigenvalue weighted by molar-refractivity contribution is -0.166. The fourth-order valence-electron chi connectivity index (χ4n) is 5.27. The lowest BCUT2D eigenvalue weighted by atomic mass is 9.75. The van der Waals surface area contributed by atoms with Gasteiger partial charge in [-0.15, -0.1) is 0 Å². The molecule has 1 saturated heterocycles. The maximum Gasteiger partial charge on any atom is 0.344 e. The van der Waals surface area contributed by atoms with Gasteiger partial charge in [-0.1, -0.05) is 6.58 Å². The van der Waals surface area contributed by atoms with Crippen molar-refractivity contribution in [1.29, 1.82) is 0 Å². The highest BCUT2D eigenvalue weighted by Gasteiger charge is 2.79. The van der Waals surface area contributed by atoms with Crippen molar-refractivity contribution in [1.82, 2.24) is 0 Å². The zero-order valence-electron chi connectivity index (χ0n) is 16.9. The zero-order valence-corrected chi connectivity index (χ0v) is 17.8. The first-order valence-corrected chi connectivity index (χ1v) is 11.1. The van der Waals surface area contributed by atoms with Gasteiger partial charge in [0.05, 0.1) is 19.3 Å². The number of carbonyl (C=O) groups is 4. The van der Waals surface area contributed by atoms with E-state index in [9.17, 15) is 27.6 Å². The molecule has 31 heavy (non-hydrogen) atoms. The van der Waals surface area contributed by atoms with E-state index in [1.54, 1.807) is 0 Å². The second-order valence-corrected chi connectivity index (χ2v) is 9.86. The predicted molar refractivity (Wildman–Crippen MR) is 101 cm³/mol. The van der Waals surface area contributed by atoms with E-state index >= 15 is 0 Å². The van der Waals surface area contributed by atoms with Crippen molar-refractivity contribution in [3.05, 3.63) is 12.2 Å². The molecule has 11 nitrogen and oxygen atoms in total.